The monoisotopic (exact) mass is 1340 g/mol. The highest BCUT2D eigenvalue weighted by Gasteiger charge is 2.29. The van der Waals surface area contributed by atoms with Crippen molar-refractivity contribution in [2.45, 2.75) is 283 Å². The number of phosphoric acid groups is 2. The first kappa shape index (κ1) is 88.7. The Morgan fingerprint density at radius 3 is 0.935 bits per heavy atom. The molecule has 532 valence electrons. The molecule has 5 atom stereocenters. The van der Waals surface area contributed by atoms with Crippen molar-refractivity contribution in [2.24, 2.45) is 0 Å². The van der Waals surface area contributed by atoms with Crippen molar-refractivity contribution in [3.8, 4) is 0 Å². The van der Waals surface area contributed by atoms with E-state index in [-0.39, 0.29) is 19.3 Å². The molecule has 0 spiro atoms. The van der Waals surface area contributed by atoms with E-state index in [1.807, 2.05) is 0 Å². The molecule has 0 aliphatic heterocycles. The Morgan fingerprint density at radius 2 is 0.570 bits per heavy atom. The molecule has 0 saturated heterocycles. The first-order chi connectivity index (χ1) is 45.2. The summed E-state index contributed by atoms with van der Waals surface area (Å²) in [5.74, 6) is -1.63. The van der Waals surface area contributed by atoms with Gasteiger partial charge in [-0.25, -0.2) is 9.13 Å². The van der Waals surface area contributed by atoms with Gasteiger partial charge in [0.2, 0.25) is 0 Å². The molecule has 0 bridgehead atoms. The van der Waals surface area contributed by atoms with Crippen LogP contribution in [-0.2, 0) is 55.8 Å². The second kappa shape index (κ2) is 67.7. The van der Waals surface area contributed by atoms with E-state index in [1.54, 1.807) is 0 Å². The molecule has 4 N–H and O–H groups in total. The average Bonchev–Trinajstić information content (AvgIpc) is 3.75. The van der Waals surface area contributed by atoms with Crippen molar-refractivity contribution >= 4 is 33.6 Å². The van der Waals surface area contributed by atoms with Crippen LogP contribution in [0.1, 0.15) is 265 Å². The van der Waals surface area contributed by atoms with Crippen molar-refractivity contribution < 1.29 is 75.8 Å². The van der Waals surface area contributed by atoms with Gasteiger partial charge in [-0.15, -0.1) is 0 Å². The molecule has 0 saturated carbocycles. The largest absolute Gasteiger partial charge is 0.472 e. The average molecular weight is 1350 g/mol. The molecule has 0 aromatic carbocycles. The molecule has 0 heterocycles. The predicted molar refractivity (Wildman–Crippen MR) is 380 cm³/mol. The topological polar surface area (TPSA) is 231 Å². The molecule has 93 heavy (non-hydrogen) atoms. The Hall–Kier alpha value is -4.31. The van der Waals surface area contributed by atoms with E-state index in [2.05, 4.69) is 154 Å². The molecule has 5 unspecified atom stereocenters. The fraction of sp³-hybridized carbons (Fsp3) is 0.667. The maximum atomic E-state index is 12.9. The second-order valence-electron chi connectivity index (χ2n) is 23.3. The van der Waals surface area contributed by atoms with Crippen LogP contribution in [-0.4, -0.2) is 95.9 Å². The molecule has 16 nitrogen and oxygen atoms in total. The summed E-state index contributed by atoms with van der Waals surface area (Å²) < 4.78 is 60.9. The Kier molecular flexibility index (Phi) is 64.5. The molecule has 0 fully saturated rings. The number of ether oxygens (including phenoxy) is 3. The number of unbranched alkanes of at least 4 members (excludes halogenated alkanes) is 21. The number of allylic oxidation sites excluding steroid dienone is 22. The van der Waals surface area contributed by atoms with Gasteiger partial charge >= 0.3 is 33.6 Å². The number of phosphoric ester groups is 2. The smallest absolute Gasteiger partial charge is 0.463 e. The summed E-state index contributed by atoms with van der Waals surface area (Å²) in [6.07, 6.45) is 79.2. The van der Waals surface area contributed by atoms with E-state index in [0.717, 1.165) is 154 Å². The van der Waals surface area contributed by atoms with Crippen molar-refractivity contribution in [2.75, 3.05) is 39.6 Å². The summed E-state index contributed by atoms with van der Waals surface area (Å²) in [4.78, 5) is 58.4. The molecule has 0 radical (unpaired) electrons. The summed E-state index contributed by atoms with van der Waals surface area (Å²) in [7, 11) is -9.80. The number of rotatable bonds is 66. The van der Waals surface area contributed by atoms with Crippen LogP contribution in [0.2, 0.25) is 0 Å². The number of esters is 3. The van der Waals surface area contributed by atoms with E-state index < -0.39 is 91.5 Å². The third-order valence-corrected chi connectivity index (χ3v) is 16.2. The fourth-order valence-corrected chi connectivity index (χ4v) is 10.5. The van der Waals surface area contributed by atoms with Crippen LogP contribution in [0.15, 0.2) is 134 Å². The predicted octanol–water partition coefficient (Wildman–Crippen LogP) is 20.0. The zero-order valence-corrected chi connectivity index (χ0v) is 59.4. The zero-order valence-electron chi connectivity index (χ0n) is 57.6. The lowest BCUT2D eigenvalue weighted by molar-refractivity contribution is -0.161. The van der Waals surface area contributed by atoms with Crippen LogP contribution < -0.4 is 0 Å². The van der Waals surface area contributed by atoms with Crippen molar-refractivity contribution in [3.63, 3.8) is 0 Å². The molecule has 0 aromatic heterocycles. The zero-order chi connectivity index (χ0) is 68.1. The van der Waals surface area contributed by atoms with E-state index in [9.17, 15) is 43.5 Å². The SMILES string of the molecule is CC/C=C\C/C=C\C/C=C\C/C=C\C/C=C\C/C=C\CCCCCCC(=O)OCC(O)COP(=O)(O)OCC(O)COP(=O)(O)OCC(COC(=O)CCCCCCC/C=C\C/C=C\C/C=C\C/C=C\CCCCC)OC(=O)CCCCCCC/C=C\CCCCCC. The van der Waals surface area contributed by atoms with Crippen LogP contribution in [0.25, 0.3) is 0 Å². The van der Waals surface area contributed by atoms with Crippen molar-refractivity contribution in [3.05, 3.63) is 134 Å². The maximum Gasteiger partial charge on any atom is 0.472 e. The molecule has 0 amide bonds. The molecule has 0 aliphatic carbocycles. The normalized spacial score (nSPS) is 15.0. The molecular formula is C75H126O16P2. The van der Waals surface area contributed by atoms with Crippen LogP contribution in [0.5, 0.6) is 0 Å². The number of carbonyl (C=O) groups is 3. The molecular weight excluding hydrogens is 1220 g/mol. The van der Waals surface area contributed by atoms with Crippen LogP contribution in [0.4, 0.5) is 0 Å². The van der Waals surface area contributed by atoms with Gasteiger partial charge in [-0.1, -0.05) is 238 Å². The molecule has 0 aromatic rings. The van der Waals surface area contributed by atoms with E-state index >= 15 is 0 Å². The van der Waals surface area contributed by atoms with Gasteiger partial charge < -0.3 is 34.2 Å². The minimum Gasteiger partial charge on any atom is -0.463 e. The summed E-state index contributed by atoms with van der Waals surface area (Å²) in [5.41, 5.74) is 0. The maximum absolute atomic E-state index is 12.9. The highest BCUT2D eigenvalue weighted by atomic mass is 31.2. The van der Waals surface area contributed by atoms with Crippen LogP contribution >= 0.6 is 15.6 Å². The van der Waals surface area contributed by atoms with Gasteiger partial charge in [0.15, 0.2) is 6.10 Å². The second-order valence-corrected chi connectivity index (χ2v) is 26.2. The first-order valence-electron chi connectivity index (χ1n) is 35.5. The standard InChI is InChI=1S/C75H126O16P2/c1-4-7-10-13-16-19-22-25-27-29-31-33-34-36-38-39-41-44-46-49-52-55-58-61-73(78)85-64-70(76)65-87-92(81,82)88-66-71(77)67-89-93(83,84)90-69-72(91-75(80)63-60-57-54-51-48-43-24-21-18-15-12-9-6-3)68-86-74(79)62-59-56-53-50-47-45-42-40-37-35-32-30-28-26-23-20-17-14-11-8-5-2/h7,10,16-17,19-21,24-28,31-33,35-36,38,40-42,44,70-72,76-77H,4-6,8-9,11-15,18,22-23,29-30,34,37,39,43,45-69H2,1-3H3,(H,81,82)(H,83,84)/b10-7-,19-16-,20-17-,24-21-,27-25-,28-26-,33-31-,35-32-,38-36-,42-40-,44-41-. The highest BCUT2D eigenvalue weighted by Crippen LogP contribution is 2.45. The number of carbonyl (C=O) groups excluding carboxylic acids is 3. The van der Waals surface area contributed by atoms with Crippen molar-refractivity contribution in [1.82, 2.24) is 0 Å². The lowest BCUT2D eigenvalue weighted by Crippen LogP contribution is -2.30. The number of hydrogen-bond acceptors (Lipinski definition) is 14. The molecule has 18 heteroatoms. The van der Waals surface area contributed by atoms with Crippen LogP contribution in [0, 0.1) is 0 Å². The van der Waals surface area contributed by atoms with Gasteiger partial charge in [0.05, 0.1) is 26.4 Å². The van der Waals surface area contributed by atoms with Gasteiger partial charge in [-0.3, -0.25) is 32.5 Å². The van der Waals surface area contributed by atoms with E-state index in [1.165, 1.54) is 51.4 Å². The van der Waals surface area contributed by atoms with Crippen LogP contribution in [0.3, 0.4) is 0 Å². The third-order valence-electron chi connectivity index (χ3n) is 14.3. The summed E-state index contributed by atoms with van der Waals surface area (Å²) >= 11 is 0. The third kappa shape index (κ3) is 68.9. The Balaban J connectivity index is 4.67. The Labute approximate surface area is 563 Å². The lowest BCUT2D eigenvalue weighted by atomic mass is 10.1. The number of hydrogen-bond donors (Lipinski definition) is 4. The summed E-state index contributed by atoms with van der Waals surface area (Å²) in [6, 6.07) is 0. The Morgan fingerprint density at radius 1 is 0.312 bits per heavy atom. The quantitative estimate of drug-likeness (QED) is 0.0146. The summed E-state index contributed by atoms with van der Waals surface area (Å²) in [6.45, 7) is 2.43. The van der Waals surface area contributed by atoms with Gasteiger partial charge in [0, 0.05) is 19.3 Å². The van der Waals surface area contributed by atoms with E-state index in [0.29, 0.717) is 19.3 Å². The lowest BCUT2D eigenvalue weighted by Gasteiger charge is -2.21. The van der Waals surface area contributed by atoms with Gasteiger partial charge in [-0.2, -0.15) is 0 Å². The Bertz CT molecular complexity index is 2230. The highest BCUT2D eigenvalue weighted by molar-refractivity contribution is 7.47. The van der Waals surface area contributed by atoms with Crippen molar-refractivity contribution in [1.29, 1.82) is 0 Å². The molecule has 0 aliphatic rings. The summed E-state index contributed by atoms with van der Waals surface area (Å²) in [5, 5.41) is 20.6. The van der Waals surface area contributed by atoms with Gasteiger partial charge in [0.25, 0.3) is 0 Å². The van der Waals surface area contributed by atoms with Gasteiger partial charge in [0.1, 0.15) is 25.4 Å². The first-order valence-corrected chi connectivity index (χ1v) is 38.5. The minimum absolute atomic E-state index is 0.0863. The minimum atomic E-state index is -4.94. The van der Waals surface area contributed by atoms with E-state index in [4.69, 9.17) is 32.3 Å². The fourth-order valence-electron chi connectivity index (χ4n) is 8.90. The molecule has 0 rings (SSSR count). The van der Waals surface area contributed by atoms with Gasteiger partial charge in [-0.05, 0) is 141 Å². The number of aliphatic hydroxyl groups excluding tert-OH is 2. The number of aliphatic hydroxyl groups is 2.